The number of imide groups is 1. The highest BCUT2D eigenvalue weighted by Crippen LogP contribution is 2.38. The molecule has 1 aromatic carbocycles. The Balaban J connectivity index is 2.63. The summed E-state index contributed by atoms with van der Waals surface area (Å²) in [6, 6.07) is 2.16. The second-order valence-electron chi connectivity index (χ2n) is 5.35. The van der Waals surface area contributed by atoms with E-state index in [4.69, 9.17) is 11.7 Å². The van der Waals surface area contributed by atoms with Crippen LogP contribution in [0.5, 0.6) is 0 Å². The van der Waals surface area contributed by atoms with Crippen molar-refractivity contribution in [3.63, 3.8) is 0 Å². The van der Waals surface area contributed by atoms with Gasteiger partial charge in [0.2, 0.25) is 0 Å². The zero-order valence-electron chi connectivity index (χ0n) is 13.0. The van der Waals surface area contributed by atoms with Crippen molar-refractivity contribution in [2.45, 2.75) is 11.7 Å². The summed E-state index contributed by atoms with van der Waals surface area (Å²) in [5, 5.41) is 8.79. The topological polar surface area (TPSA) is 64.4 Å². The Morgan fingerprint density at radius 1 is 1.19 bits per heavy atom. The number of amides is 3. The second-order valence-corrected chi connectivity index (χ2v) is 5.35. The van der Waals surface area contributed by atoms with E-state index >= 15 is 0 Å². The summed E-state index contributed by atoms with van der Waals surface area (Å²) in [5.41, 5.74) is -5.23. The normalized spacial score (nSPS) is 16.6. The molecule has 2 rings (SSSR count). The van der Waals surface area contributed by atoms with E-state index in [1.807, 2.05) is 5.92 Å². The maximum atomic E-state index is 13.5. The smallest absolute Gasteiger partial charge is 0.293 e. The Morgan fingerprint density at radius 3 is 2.27 bits per heavy atom. The van der Waals surface area contributed by atoms with Crippen molar-refractivity contribution in [2.24, 2.45) is 0 Å². The van der Waals surface area contributed by atoms with Gasteiger partial charge in [0.05, 0.1) is 29.4 Å². The predicted molar refractivity (Wildman–Crippen MR) is 79.3 cm³/mol. The number of carbonyl (C=O) groups excluding carboxylic acids is 2. The summed E-state index contributed by atoms with van der Waals surface area (Å²) in [6.07, 6.45) is 0.105. The lowest BCUT2D eigenvalue weighted by Crippen LogP contribution is -2.53. The van der Waals surface area contributed by atoms with Crippen LogP contribution in [0.3, 0.4) is 0 Å². The first kappa shape index (κ1) is 19.2. The maximum absolute atomic E-state index is 13.5. The van der Waals surface area contributed by atoms with E-state index < -0.39 is 60.4 Å². The first-order valence-electron chi connectivity index (χ1n) is 7.00. The van der Waals surface area contributed by atoms with Gasteiger partial charge in [-0.05, 0) is 18.2 Å². The van der Waals surface area contributed by atoms with Gasteiger partial charge in [-0.3, -0.25) is 9.69 Å². The molecule has 5 nitrogen and oxygen atoms in total. The Morgan fingerprint density at radius 2 is 1.81 bits per heavy atom. The van der Waals surface area contributed by atoms with Crippen molar-refractivity contribution in [1.82, 2.24) is 4.90 Å². The van der Waals surface area contributed by atoms with E-state index in [1.54, 1.807) is 0 Å². The van der Waals surface area contributed by atoms with Gasteiger partial charge in [0.25, 0.3) is 5.91 Å². The number of benzene rings is 1. The molecular weight excluding hydrogens is 361 g/mol. The van der Waals surface area contributed by atoms with Crippen LogP contribution in [0.25, 0.3) is 0 Å². The van der Waals surface area contributed by atoms with Crippen LogP contribution in [0.2, 0.25) is 0 Å². The molecule has 0 saturated carbocycles. The highest BCUT2D eigenvalue weighted by atomic mass is 19.4. The van der Waals surface area contributed by atoms with Crippen molar-refractivity contribution in [3.8, 4) is 18.4 Å². The lowest BCUT2D eigenvalue weighted by molar-refractivity contribution is -0.137. The number of halogens is 5. The van der Waals surface area contributed by atoms with Crippen LogP contribution < -0.4 is 4.90 Å². The molecular formula is C16H10F5N3O2. The van der Waals surface area contributed by atoms with Gasteiger partial charge in [-0.25, -0.2) is 18.5 Å². The van der Waals surface area contributed by atoms with Gasteiger partial charge in [-0.15, -0.1) is 6.42 Å². The molecule has 1 heterocycles. The first-order valence-corrected chi connectivity index (χ1v) is 7.00. The maximum Gasteiger partial charge on any atom is 0.417 e. The molecule has 1 aliphatic rings. The molecule has 0 aromatic heterocycles. The second kappa shape index (κ2) is 6.64. The minimum absolute atomic E-state index is 0.229. The number of hydrogen-bond donors (Lipinski definition) is 0. The van der Waals surface area contributed by atoms with Crippen molar-refractivity contribution >= 4 is 17.6 Å². The molecule has 3 amide bonds. The largest absolute Gasteiger partial charge is 0.417 e. The van der Waals surface area contributed by atoms with Gasteiger partial charge in [0.1, 0.15) is 13.3 Å². The predicted octanol–water partition coefficient (Wildman–Crippen LogP) is 2.66. The van der Waals surface area contributed by atoms with Crippen LogP contribution >= 0.6 is 0 Å². The summed E-state index contributed by atoms with van der Waals surface area (Å²) >= 11 is 0. The SMILES string of the molecule is C#CCN1C(=O)N(c2ccc(C#N)c(C(F)(F)F)c2)C(=O)C1(CF)CF. The van der Waals surface area contributed by atoms with Crippen LogP contribution in [0.15, 0.2) is 18.2 Å². The van der Waals surface area contributed by atoms with Crippen molar-refractivity contribution < 1.29 is 31.5 Å². The quantitative estimate of drug-likeness (QED) is 0.464. The molecule has 1 fully saturated rings. The van der Waals surface area contributed by atoms with Crippen LogP contribution in [0, 0.1) is 23.7 Å². The number of urea groups is 1. The third kappa shape index (κ3) is 2.73. The van der Waals surface area contributed by atoms with Crippen molar-refractivity contribution in [2.75, 3.05) is 24.8 Å². The third-order valence-corrected chi connectivity index (χ3v) is 3.92. The molecule has 10 heteroatoms. The van der Waals surface area contributed by atoms with Crippen LogP contribution in [0.4, 0.5) is 32.4 Å². The summed E-state index contributed by atoms with van der Waals surface area (Å²) in [7, 11) is 0. The number of carbonyl (C=O) groups is 2. The summed E-state index contributed by atoms with van der Waals surface area (Å²) in [6.45, 7) is -3.82. The molecule has 1 saturated heterocycles. The zero-order valence-corrected chi connectivity index (χ0v) is 13.0. The van der Waals surface area contributed by atoms with Crippen molar-refractivity contribution in [1.29, 1.82) is 5.26 Å². The van der Waals surface area contributed by atoms with E-state index in [9.17, 15) is 31.5 Å². The van der Waals surface area contributed by atoms with Gasteiger partial charge in [-0.2, -0.15) is 18.4 Å². The molecule has 0 N–H and O–H groups in total. The van der Waals surface area contributed by atoms with Gasteiger partial charge in [0, 0.05) is 0 Å². The lowest BCUT2D eigenvalue weighted by Gasteiger charge is -2.28. The molecule has 1 aromatic rings. The van der Waals surface area contributed by atoms with E-state index in [0.717, 1.165) is 12.1 Å². The van der Waals surface area contributed by atoms with E-state index in [-0.39, 0.29) is 4.90 Å². The van der Waals surface area contributed by atoms with Gasteiger partial charge >= 0.3 is 12.2 Å². The van der Waals surface area contributed by atoms with Crippen LogP contribution in [-0.4, -0.2) is 42.3 Å². The lowest BCUT2D eigenvalue weighted by atomic mass is 10.0. The Kier molecular flexibility index (Phi) is 4.90. The van der Waals surface area contributed by atoms with Gasteiger partial charge < -0.3 is 0 Å². The van der Waals surface area contributed by atoms with E-state index in [1.165, 1.54) is 6.07 Å². The number of nitrogens with zero attached hydrogens (tertiary/aromatic N) is 3. The number of nitriles is 1. The molecule has 136 valence electrons. The fraction of sp³-hybridized carbons (Fsp3) is 0.312. The Labute approximate surface area is 144 Å². The molecule has 0 atom stereocenters. The number of rotatable bonds is 4. The number of alkyl halides is 5. The minimum atomic E-state index is -4.94. The summed E-state index contributed by atoms with van der Waals surface area (Å²) < 4.78 is 66.2. The first-order chi connectivity index (χ1) is 12.2. The average molecular weight is 371 g/mol. The zero-order chi connectivity index (χ0) is 19.7. The van der Waals surface area contributed by atoms with Gasteiger partial charge in [0.15, 0.2) is 5.54 Å². The minimum Gasteiger partial charge on any atom is -0.293 e. The molecule has 1 aliphatic heterocycles. The Hall–Kier alpha value is -3.14. The number of hydrogen-bond acceptors (Lipinski definition) is 3. The summed E-state index contributed by atoms with van der Waals surface area (Å²) in [5.74, 6) is 0.605. The monoisotopic (exact) mass is 371 g/mol. The third-order valence-electron chi connectivity index (χ3n) is 3.92. The van der Waals surface area contributed by atoms with E-state index in [2.05, 4.69) is 0 Å². The molecule has 0 unspecified atom stereocenters. The average Bonchev–Trinajstić information content (AvgIpc) is 2.81. The molecule has 0 spiro atoms. The molecule has 26 heavy (non-hydrogen) atoms. The van der Waals surface area contributed by atoms with Gasteiger partial charge in [-0.1, -0.05) is 5.92 Å². The molecule has 0 aliphatic carbocycles. The number of anilines is 1. The van der Waals surface area contributed by atoms with Crippen LogP contribution in [0.1, 0.15) is 11.1 Å². The fourth-order valence-electron chi connectivity index (χ4n) is 2.55. The molecule has 0 bridgehead atoms. The molecule has 0 radical (unpaired) electrons. The summed E-state index contributed by atoms with van der Waals surface area (Å²) in [4.78, 5) is 25.6. The highest BCUT2D eigenvalue weighted by molar-refractivity contribution is 6.23. The van der Waals surface area contributed by atoms with Crippen LogP contribution in [-0.2, 0) is 11.0 Å². The Bertz CT molecular complexity index is 834. The highest BCUT2D eigenvalue weighted by Gasteiger charge is 2.58. The number of terminal acetylenes is 1. The van der Waals surface area contributed by atoms with E-state index in [0.29, 0.717) is 11.0 Å². The van der Waals surface area contributed by atoms with Crippen molar-refractivity contribution in [3.05, 3.63) is 29.3 Å². The standard InChI is InChI=1S/C16H10F5N3O2/c1-2-5-23-14(26)24(13(25)15(23,8-17)9-18)11-4-3-10(7-22)12(6-11)16(19,20)21/h1,3-4,6H,5,8-9H2. The fourth-order valence-corrected chi connectivity index (χ4v) is 2.55.